The van der Waals surface area contributed by atoms with Gasteiger partial charge in [0.15, 0.2) is 0 Å². The van der Waals surface area contributed by atoms with Crippen molar-refractivity contribution in [2.75, 3.05) is 53.5 Å². The number of aliphatic hydroxyl groups is 1. The van der Waals surface area contributed by atoms with E-state index in [1.54, 1.807) is 0 Å². The number of hydrogen-bond acceptors (Lipinski definition) is 7. The first kappa shape index (κ1) is 24.6. The molecule has 0 unspecified atom stereocenters. The van der Waals surface area contributed by atoms with Crippen LogP contribution >= 0.6 is 11.3 Å². The minimum Gasteiger partial charge on any atom is -0.507 e. The molecular weight excluding hydrogens is 478 g/mol. The largest absolute Gasteiger partial charge is 0.507 e. The number of rotatable bonds is 7. The van der Waals surface area contributed by atoms with Crippen LogP contribution in [0.4, 0.5) is 0 Å². The van der Waals surface area contributed by atoms with E-state index < -0.39 is 27.8 Å². The fourth-order valence-electron chi connectivity index (χ4n) is 4.19. The lowest BCUT2D eigenvalue weighted by atomic mass is 10.00. The zero-order valence-corrected chi connectivity index (χ0v) is 20.7. The van der Waals surface area contributed by atoms with Crippen LogP contribution in [0.2, 0.25) is 0 Å². The number of ether oxygens (including phenoxy) is 1. The third kappa shape index (κ3) is 4.66. The number of morpholine rings is 1. The molecule has 182 valence electrons. The Kier molecular flexibility index (Phi) is 7.20. The molecule has 3 heterocycles. The molecule has 1 atom stereocenters. The summed E-state index contributed by atoms with van der Waals surface area (Å²) in [6, 6.07) is 8.64. The van der Waals surface area contributed by atoms with Gasteiger partial charge >= 0.3 is 0 Å². The average Bonchev–Trinajstić information content (AvgIpc) is 3.45. The van der Waals surface area contributed by atoms with Gasteiger partial charge in [-0.3, -0.25) is 9.59 Å². The van der Waals surface area contributed by atoms with Gasteiger partial charge in [0.2, 0.25) is 10.0 Å². The van der Waals surface area contributed by atoms with E-state index >= 15 is 0 Å². The summed E-state index contributed by atoms with van der Waals surface area (Å²) in [5.41, 5.74) is 0.295. The van der Waals surface area contributed by atoms with Crippen molar-refractivity contribution >= 4 is 38.8 Å². The first-order chi connectivity index (χ1) is 16.2. The molecule has 0 aliphatic carbocycles. The molecule has 0 saturated carbocycles. The second-order valence-corrected chi connectivity index (χ2v) is 11.6. The number of carbonyl (C=O) groups excluding carboxylic acids is 2. The lowest BCUT2D eigenvalue weighted by Gasteiger charge is -2.28. The van der Waals surface area contributed by atoms with Gasteiger partial charge in [0, 0.05) is 24.5 Å². The minimum absolute atomic E-state index is 0.0210. The zero-order chi connectivity index (χ0) is 24.5. The fraction of sp³-hybridized carbons (Fsp3) is 0.391. The van der Waals surface area contributed by atoms with E-state index in [-0.39, 0.29) is 21.8 Å². The Morgan fingerprint density at radius 3 is 2.44 bits per heavy atom. The molecule has 0 bridgehead atoms. The monoisotopic (exact) mass is 506 g/mol. The molecule has 9 nitrogen and oxygen atoms in total. The van der Waals surface area contributed by atoms with Crippen LogP contribution in [0.25, 0.3) is 5.76 Å². The highest BCUT2D eigenvalue weighted by atomic mass is 32.2. The highest BCUT2D eigenvalue weighted by Gasteiger charge is 2.46. The third-order valence-electron chi connectivity index (χ3n) is 6.17. The Bertz CT molecular complexity index is 1180. The number of aliphatic hydroxyl groups excluding tert-OH is 1. The molecule has 2 aliphatic heterocycles. The Labute approximate surface area is 202 Å². The number of sulfonamides is 1. The van der Waals surface area contributed by atoms with Crippen LogP contribution < -0.4 is 4.90 Å². The van der Waals surface area contributed by atoms with Crippen molar-refractivity contribution in [3.8, 4) is 0 Å². The van der Waals surface area contributed by atoms with Crippen LogP contribution in [0.15, 0.2) is 52.2 Å². The SMILES string of the molecule is CN(C)S(=O)(=O)c1ccc(C(O)=C2C(=O)C(=O)N(CC[NH+]3CCOCC3)[C@H]2c2cccs2)cc1. The van der Waals surface area contributed by atoms with E-state index in [1.807, 2.05) is 17.5 Å². The van der Waals surface area contributed by atoms with Gasteiger partial charge in [-0.15, -0.1) is 11.3 Å². The van der Waals surface area contributed by atoms with Crippen molar-refractivity contribution in [1.82, 2.24) is 9.21 Å². The Morgan fingerprint density at radius 1 is 1.18 bits per heavy atom. The predicted octanol–water partition coefficient (Wildman–Crippen LogP) is 0.335. The second-order valence-electron chi connectivity index (χ2n) is 8.43. The standard InChI is InChI=1S/C23H27N3O6S2/c1-24(2)34(30,31)17-7-5-16(6-8-17)21(27)19-20(18-4-3-15-33-18)26(23(29)22(19)28)10-9-25-11-13-32-14-12-25/h3-8,15,20,27H,9-14H2,1-2H3/p+1/t20-/m0/s1. The maximum Gasteiger partial charge on any atom is 0.295 e. The van der Waals surface area contributed by atoms with Crippen molar-refractivity contribution in [2.24, 2.45) is 0 Å². The van der Waals surface area contributed by atoms with Crippen LogP contribution in [-0.4, -0.2) is 87.9 Å². The molecule has 2 fully saturated rings. The molecule has 1 amide bonds. The smallest absolute Gasteiger partial charge is 0.295 e. The minimum atomic E-state index is -3.63. The van der Waals surface area contributed by atoms with E-state index in [4.69, 9.17) is 4.74 Å². The van der Waals surface area contributed by atoms with Crippen molar-refractivity contribution in [1.29, 1.82) is 0 Å². The number of amides is 1. The summed E-state index contributed by atoms with van der Waals surface area (Å²) in [6.07, 6.45) is 0. The van der Waals surface area contributed by atoms with Gasteiger partial charge in [0.05, 0.1) is 42.8 Å². The molecular formula is C23H28N3O6S2+. The van der Waals surface area contributed by atoms with Gasteiger partial charge in [-0.25, -0.2) is 12.7 Å². The summed E-state index contributed by atoms with van der Waals surface area (Å²) in [4.78, 5) is 29.8. The molecule has 0 radical (unpaired) electrons. The number of nitrogens with one attached hydrogen (secondary N) is 1. The number of Topliss-reactive ketones (excluding diaryl/α,β-unsaturated/α-hetero) is 1. The summed E-state index contributed by atoms with van der Waals surface area (Å²) in [5, 5.41) is 13.0. The summed E-state index contributed by atoms with van der Waals surface area (Å²) in [5.74, 6) is -1.69. The van der Waals surface area contributed by atoms with Crippen molar-refractivity contribution in [3.05, 3.63) is 57.8 Å². The average molecular weight is 507 g/mol. The maximum atomic E-state index is 13.1. The summed E-state index contributed by atoms with van der Waals surface area (Å²) in [6.45, 7) is 4.07. The quantitative estimate of drug-likeness (QED) is 0.319. The molecule has 0 spiro atoms. The van der Waals surface area contributed by atoms with Crippen LogP contribution in [0.5, 0.6) is 0 Å². The van der Waals surface area contributed by atoms with Crippen molar-refractivity contribution in [3.63, 3.8) is 0 Å². The van der Waals surface area contributed by atoms with E-state index in [0.29, 0.717) is 26.3 Å². The Hall–Kier alpha value is -2.57. The molecule has 34 heavy (non-hydrogen) atoms. The molecule has 2 aromatic rings. The summed E-state index contributed by atoms with van der Waals surface area (Å²) >= 11 is 1.41. The van der Waals surface area contributed by atoms with Crippen LogP contribution in [-0.2, 0) is 24.3 Å². The van der Waals surface area contributed by atoms with E-state index in [2.05, 4.69) is 0 Å². The lowest BCUT2D eigenvalue weighted by Crippen LogP contribution is -3.14. The second kappa shape index (κ2) is 9.96. The fourth-order valence-corrected chi connectivity index (χ4v) is 5.94. The van der Waals surface area contributed by atoms with E-state index in [1.165, 1.54) is 59.5 Å². The van der Waals surface area contributed by atoms with Gasteiger partial charge < -0.3 is 19.6 Å². The van der Waals surface area contributed by atoms with Gasteiger partial charge in [-0.2, -0.15) is 0 Å². The van der Waals surface area contributed by atoms with Crippen molar-refractivity contribution in [2.45, 2.75) is 10.9 Å². The first-order valence-corrected chi connectivity index (χ1v) is 13.3. The number of carbonyl (C=O) groups is 2. The molecule has 1 aromatic heterocycles. The van der Waals surface area contributed by atoms with Gasteiger partial charge in [-0.05, 0) is 35.7 Å². The molecule has 2 aliphatic rings. The summed E-state index contributed by atoms with van der Waals surface area (Å²) in [7, 11) is -0.765. The third-order valence-corrected chi connectivity index (χ3v) is 8.92. The molecule has 4 rings (SSSR count). The highest BCUT2D eigenvalue weighted by molar-refractivity contribution is 7.89. The number of thiophene rings is 1. The normalized spacial score (nSPS) is 21.5. The first-order valence-electron chi connectivity index (χ1n) is 11.0. The lowest BCUT2D eigenvalue weighted by molar-refractivity contribution is -0.907. The van der Waals surface area contributed by atoms with Crippen molar-refractivity contribution < 1.29 is 32.8 Å². The number of likely N-dealkylation sites (tertiary alicyclic amines) is 1. The molecule has 11 heteroatoms. The van der Waals surface area contributed by atoms with E-state index in [0.717, 1.165) is 22.3 Å². The predicted molar refractivity (Wildman–Crippen MR) is 127 cm³/mol. The highest BCUT2D eigenvalue weighted by Crippen LogP contribution is 2.40. The number of nitrogens with zero attached hydrogens (tertiary/aromatic N) is 2. The van der Waals surface area contributed by atoms with Crippen LogP contribution in [0.1, 0.15) is 16.5 Å². The number of hydrogen-bond donors (Lipinski definition) is 2. The zero-order valence-electron chi connectivity index (χ0n) is 19.1. The molecule has 2 saturated heterocycles. The van der Waals surface area contributed by atoms with Gasteiger partial charge in [0.1, 0.15) is 18.8 Å². The molecule has 1 aromatic carbocycles. The molecule has 2 N–H and O–H groups in total. The summed E-state index contributed by atoms with van der Waals surface area (Å²) < 4.78 is 31.2. The number of benzene rings is 1. The number of quaternary nitrogens is 1. The van der Waals surface area contributed by atoms with Gasteiger partial charge in [-0.1, -0.05) is 6.07 Å². The van der Waals surface area contributed by atoms with Gasteiger partial charge in [0.25, 0.3) is 11.7 Å². The number of ketones is 1. The Balaban J connectivity index is 1.68. The topological polar surface area (TPSA) is 109 Å². The Morgan fingerprint density at radius 2 is 1.85 bits per heavy atom. The van der Waals surface area contributed by atoms with Crippen LogP contribution in [0, 0.1) is 0 Å². The van der Waals surface area contributed by atoms with Crippen LogP contribution in [0.3, 0.4) is 0 Å². The van der Waals surface area contributed by atoms with E-state index in [9.17, 15) is 23.1 Å². The maximum absolute atomic E-state index is 13.1.